The number of aryl methyl sites for hydroxylation is 1. The molecule has 2 aromatic carbocycles. The molecule has 1 aliphatic heterocycles. The van der Waals surface area contributed by atoms with Crippen molar-refractivity contribution < 1.29 is 18.0 Å². The Morgan fingerprint density at radius 3 is 2.56 bits per heavy atom. The van der Waals surface area contributed by atoms with Crippen LogP contribution in [0.2, 0.25) is 0 Å². The first-order valence-electron chi connectivity index (χ1n) is 11.2. The first-order chi connectivity index (χ1) is 16.3. The van der Waals surface area contributed by atoms with Crippen molar-refractivity contribution in [2.45, 2.75) is 38.8 Å². The largest absolute Gasteiger partial charge is 0.327 e. The zero-order valence-electron chi connectivity index (χ0n) is 19.0. The van der Waals surface area contributed by atoms with E-state index in [0.29, 0.717) is 29.8 Å². The topological polar surface area (TPSA) is 51.0 Å². The van der Waals surface area contributed by atoms with Crippen molar-refractivity contribution in [1.29, 1.82) is 0 Å². The van der Waals surface area contributed by atoms with Gasteiger partial charge in [0, 0.05) is 41.4 Å². The van der Waals surface area contributed by atoms with E-state index in [2.05, 4.69) is 10.1 Å². The van der Waals surface area contributed by atoms with Crippen molar-refractivity contribution in [2.24, 2.45) is 7.05 Å². The summed E-state index contributed by atoms with van der Waals surface area (Å²) in [5.74, 6) is -4.10. The molecule has 174 valence electrons. The van der Waals surface area contributed by atoms with Crippen LogP contribution in [0.3, 0.4) is 0 Å². The second kappa shape index (κ2) is 8.27. The maximum Gasteiger partial charge on any atom is 0.254 e. The molecule has 3 heterocycles. The van der Waals surface area contributed by atoms with Crippen LogP contribution in [0.4, 0.5) is 13.2 Å². The van der Waals surface area contributed by atoms with Crippen molar-refractivity contribution in [1.82, 2.24) is 19.7 Å². The Kier molecular flexibility index (Phi) is 5.38. The third kappa shape index (κ3) is 3.45. The lowest BCUT2D eigenvalue weighted by Crippen LogP contribution is -2.45. The molecule has 5 rings (SSSR count). The number of aromatic nitrogens is 3. The number of rotatable bonds is 3. The molecule has 0 N–H and O–H groups in total. The molecule has 0 spiro atoms. The number of benzene rings is 2. The average molecular weight is 464 g/mol. The van der Waals surface area contributed by atoms with Gasteiger partial charge in [-0.3, -0.25) is 14.5 Å². The Hall–Kier alpha value is -3.68. The molecule has 5 nitrogen and oxygen atoms in total. The number of nitrogens with zero attached hydrogens (tertiary/aromatic N) is 4. The third-order valence-corrected chi connectivity index (χ3v) is 6.53. The van der Waals surface area contributed by atoms with E-state index in [1.54, 1.807) is 24.0 Å². The number of hydrogen-bond donors (Lipinski definition) is 0. The summed E-state index contributed by atoms with van der Waals surface area (Å²) < 4.78 is 43.1. The van der Waals surface area contributed by atoms with E-state index in [-0.39, 0.29) is 23.6 Å². The smallest absolute Gasteiger partial charge is 0.254 e. The third-order valence-electron chi connectivity index (χ3n) is 6.53. The van der Waals surface area contributed by atoms with Crippen LogP contribution in [0, 0.1) is 17.5 Å². The molecule has 8 heteroatoms. The predicted molar refractivity (Wildman–Crippen MR) is 123 cm³/mol. The van der Waals surface area contributed by atoms with E-state index >= 15 is 0 Å². The van der Waals surface area contributed by atoms with Crippen molar-refractivity contribution in [3.8, 4) is 11.3 Å². The summed E-state index contributed by atoms with van der Waals surface area (Å²) in [4.78, 5) is 19.8. The number of carbonyl (C=O) groups excluding carboxylic acids is 1. The second-order valence-electron chi connectivity index (χ2n) is 8.69. The quantitative estimate of drug-likeness (QED) is 0.372. The lowest BCUT2D eigenvalue weighted by molar-refractivity contribution is 0.0545. The number of halogens is 3. The highest BCUT2D eigenvalue weighted by Gasteiger charge is 2.39. The lowest BCUT2D eigenvalue weighted by Gasteiger charge is -2.40. The van der Waals surface area contributed by atoms with E-state index < -0.39 is 17.5 Å². The molecule has 1 amide bonds. The first-order valence-corrected chi connectivity index (χ1v) is 11.2. The molecule has 0 saturated carbocycles. The fourth-order valence-electron chi connectivity index (χ4n) is 5.03. The molecular weight excluding hydrogens is 441 g/mol. The van der Waals surface area contributed by atoms with Gasteiger partial charge in [0.15, 0.2) is 17.5 Å². The van der Waals surface area contributed by atoms with Crippen LogP contribution >= 0.6 is 0 Å². The van der Waals surface area contributed by atoms with Gasteiger partial charge in [-0.2, -0.15) is 5.10 Å². The maximum atomic E-state index is 14.0. The zero-order valence-corrected chi connectivity index (χ0v) is 19.0. The fraction of sp³-hybridized carbons (Fsp3) is 0.269. The van der Waals surface area contributed by atoms with Gasteiger partial charge in [0.05, 0.1) is 22.9 Å². The van der Waals surface area contributed by atoms with Gasteiger partial charge in [-0.05, 0) is 56.2 Å². The van der Waals surface area contributed by atoms with Gasteiger partial charge in [-0.15, -0.1) is 0 Å². The lowest BCUT2D eigenvalue weighted by atomic mass is 9.89. The van der Waals surface area contributed by atoms with Crippen LogP contribution in [0.1, 0.15) is 47.9 Å². The van der Waals surface area contributed by atoms with Crippen molar-refractivity contribution in [3.63, 3.8) is 0 Å². The molecule has 0 saturated heterocycles. The monoisotopic (exact) mass is 464 g/mol. The van der Waals surface area contributed by atoms with Crippen molar-refractivity contribution in [2.75, 3.05) is 0 Å². The van der Waals surface area contributed by atoms with Crippen LogP contribution in [-0.2, 0) is 13.5 Å². The van der Waals surface area contributed by atoms with Gasteiger partial charge in [0.2, 0.25) is 0 Å². The number of hydrogen-bond acceptors (Lipinski definition) is 3. The average Bonchev–Trinajstić information content (AvgIpc) is 3.15. The van der Waals surface area contributed by atoms with Gasteiger partial charge >= 0.3 is 0 Å². The van der Waals surface area contributed by atoms with E-state index in [9.17, 15) is 18.0 Å². The molecule has 1 aliphatic rings. The van der Waals surface area contributed by atoms with Crippen molar-refractivity contribution in [3.05, 3.63) is 82.9 Å². The Labute approximate surface area is 194 Å². The summed E-state index contributed by atoms with van der Waals surface area (Å²) in [6.07, 6.45) is 2.78. The summed E-state index contributed by atoms with van der Waals surface area (Å²) in [6, 6.07) is 10.7. The van der Waals surface area contributed by atoms with Crippen LogP contribution in [0.5, 0.6) is 0 Å². The number of amides is 1. The summed E-state index contributed by atoms with van der Waals surface area (Å²) in [7, 11) is 1.69. The normalized spacial score (nSPS) is 17.8. The van der Waals surface area contributed by atoms with Gasteiger partial charge in [0.25, 0.3) is 5.91 Å². The zero-order chi connectivity index (χ0) is 24.1. The Bertz CT molecular complexity index is 1410. The van der Waals surface area contributed by atoms with Crippen molar-refractivity contribution >= 4 is 16.8 Å². The highest BCUT2D eigenvalue weighted by Crippen LogP contribution is 2.40. The van der Waals surface area contributed by atoms with Crippen LogP contribution in [-0.4, -0.2) is 31.6 Å². The van der Waals surface area contributed by atoms with Crippen LogP contribution < -0.4 is 0 Å². The molecule has 2 aromatic heterocycles. The minimum atomic E-state index is -1.50. The van der Waals surface area contributed by atoms with E-state index in [0.717, 1.165) is 28.6 Å². The van der Waals surface area contributed by atoms with E-state index in [4.69, 9.17) is 0 Å². The number of pyridine rings is 1. The van der Waals surface area contributed by atoms with Gasteiger partial charge < -0.3 is 4.90 Å². The van der Waals surface area contributed by atoms with Gasteiger partial charge in [-0.1, -0.05) is 13.0 Å². The Morgan fingerprint density at radius 2 is 1.85 bits per heavy atom. The SMILES string of the molecule is CCC1c2nn(C)c(-c3cc(F)c(F)c(F)c3)c2CC(C)N1C(=O)c1ccc2ncccc2c1. The standard InChI is InChI=1S/C26H23F3N4O/c1-4-22-24-18(25(32(3)31-24)17-12-19(27)23(29)20(28)13-17)10-14(2)33(22)26(34)16-7-8-21-15(11-16)6-5-9-30-21/h5-9,11-14,22H,4,10H2,1-3H3. The molecule has 4 aromatic rings. The van der Waals surface area contributed by atoms with Gasteiger partial charge in [0.1, 0.15) is 0 Å². The molecule has 0 radical (unpaired) electrons. The summed E-state index contributed by atoms with van der Waals surface area (Å²) in [5, 5.41) is 5.53. The summed E-state index contributed by atoms with van der Waals surface area (Å²) in [6.45, 7) is 3.93. The number of carbonyl (C=O) groups is 1. The second-order valence-corrected chi connectivity index (χ2v) is 8.69. The predicted octanol–water partition coefficient (Wildman–Crippen LogP) is 5.59. The fourth-order valence-corrected chi connectivity index (χ4v) is 5.03. The van der Waals surface area contributed by atoms with Gasteiger partial charge in [-0.25, -0.2) is 13.2 Å². The molecular formula is C26H23F3N4O. The first kappa shape index (κ1) is 22.1. The highest BCUT2D eigenvalue weighted by molar-refractivity contribution is 5.98. The van der Waals surface area contributed by atoms with E-state index in [1.807, 2.05) is 43.0 Å². The number of fused-ring (bicyclic) bond motifs is 2. The minimum absolute atomic E-state index is 0.109. The van der Waals surface area contributed by atoms with Crippen LogP contribution in [0.25, 0.3) is 22.2 Å². The molecule has 0 bridgehead atoms. The molecule has 0 aliphatic carbocycles. The van der Waals surface area contributed by atoms with E-state index in [1.165, 1.54) is 0 Å². The van der Waals surface area contributed by atoms with Crippen LogP contribution in [0.15, 0.2) is 48.7 Å². The Morgan fingerprint density at radius 1 is 1.12 bits per heavy atom. The summed E-state index contributed by atoms with van der Waals surface area (Å²) >= 11 is 0. The Balaban J connectivity index is 1.58. The maximum absolute atomic E-state index is 14.0. The summed E-state index contributed by atoms with van der Waals surface area (Å²) in [5.41, 5.74) is 3.64. The molecule has 34 heavy (non-hydrogen) atoms. The molecule has 0 fully saturated rings. The molecule has 2 unspecified atom stereocenters. The highest BCUT2D eigenvalue weighted by atomic mass is 19.2. The molecule has 2 atom stereocenters. The minimum Gasteiger partial charge on any atom is -0.327 e.